The topological polar surface area (TPSA) is 35.5 Å². The van der Waals surface area contributed by atoms with Gasteiger partial charge in [-0.2, -0.15) is 0 Å². The Morgan fingerprint density at radius 1 is 1.08 bits per heavy atom. The second-order valence-electron chi connectivity index (χ2n) is 2.30. The molecule has 0 aliphatic carbocycles. The van der Waals surface area contributed by atoms with E-state index in [0.717, 1.165) is 19.3 Å². The highest BCUT2D eigenvalue weighted by Gasteiger charge is 2.00. The second-order valence-corrected chi connectivity index (χ2v) is 2.30. The highest BCUT2D eigenvalue weighted by atomic mass is 16.7. The molecule has 0 saturated carbocycles. The minimum absolute atomic E-state index is 0. The molecule has 12 heavy (non-hydrogen) atoms. The first-order chi connectivity index (χ1) is 5.31. The van der Waals surface area contributed by atoms with Crippen molar-refractivity contribution >= 4 is 6.16 Å². The van der Waals surface area contributed by atoms with Crippen LogP contribution < -0.4 is 0 Å². The number of carbonyl (C=O) groups excluding carboxylic acids is 1. The summed E-state index contributed by atoms with van der Waals surface area (Å²) < 4.78 is 9.40. The molecule has 74 valence electrons. The Morgan fingerprint density at radius 3 is 2.17 bits per heavy atom. The summed E-state index contributed by atoms with van der Waals surface area (Å²) in [4.78, 5) is 10.6. The van der Waals surface area contributed by atoms with Crippen LogP contribution in [0.5, 0.6) is 0 Å². The second kappa shape index (κ2) is 10.3. The standard InChI is InChI=1S/C8H16O3.CH4/c1-3-5-7-11-8(9)10-6-4-2;/h3-7H2,1-2H3;1H4. The van der Waals surface area contributed by atoms with Crippen LogP contribution in [-0.4, -0.2) is 19.4 Å². The molecular formula is C9H20O3. The maximum Gasteiger partial charge on any atom is 0.508 e. The summed E-state index contributed by atoms with van der Waals surface area (Å²) in [5.41, 5.74) is 0. The van der Waals surface area contributed by atoms with Crippen molar-refractivity contribution in [1.29, 1.82) is 0 Å². The fourth-order valence-electron chi connectivity index (χ4n) is 0.527. The highest BCUT2D eigenvalue weighted by molar-refractivity contribution is 5.59. The molecule has 0 saturated heterocycles. The molecule has 0 radical (unpaired) electrons. The van der Waals surface area contributed by atoms with Crippen LogP contribution >= 0.6 is 0 Å². The van der Waals surface area contributed by atoms with Crippen LogP contribution in [0, 0.1) is 0 Å². The normalized spacial score (nSPS) is 8.50. The van der Waals surface area contributed by atoms with Gasteiger partial charge in [0, 0.05) is 0 Å². The quantitative estimate of drug-likeness (QED) is 0.477. The van der Waals surface area contributed by atoms with Crippen LogP contribution in [0.25, 0.3) is 0 Å². The molecule has 0 aliphatic rings. The Balaban J connectivity index is 0. The number of carbonyl (C=O) groups is 1. The van der Waals surface area contributed by atoms with E-state index in [0.29, 0.717) is 13.2 Å². The molecule has 0 aliphatic heterocycles. The van der Waals surface area contributed by atoms with Crippen molar-refractivity contribution in [2.45, 2.75) is 40.5 Å². The third-order valence-electron chi connectivity index (χ3n) is 1.14. The molecule has 0 bridgehead atoms. The summed E-state index contributed by atoms with van der Waals surface area (Å²) >= 11 is 0. The Kier molecular flexibility index (Phi) is 11.8. The Hall–Kier alpha value is -0.730. The lowest BCUT2D eigenvalue weighted by Gasteiger charge is -2.03. The van der Waals surface area contributed by atoms with Gasteiger partial charge in [0.1, 0.15) is 0 Å². The predicted octanol–water partition coefficient (Wildman–Crippen LogP) is 2.99. The number of unbranched alkanes of at least 4 members (excludes halogenated alkanes) is 1. The van der Waals surface area contributed by atoms with Gasteiger partial charge in [0.05, 0.1) is 13.2 Å². The minimum atomic E-state index is -0.541. The molecule has 0 aromatic carbocycles. The smallest absolute Gasteiger partial charge is 0.434 e. The van der Waals surface area contributed by atoms with Crippen LogP contribution in [0.1, 0.15) is 40.5 Å². The van der Waals surface area contributed by atoms with E-state index >= 15 is 0 Å². The van der Waals surface area contributed by atoms with Crippen molar-refractivity contribution in [3.63, 3.8) is 0 Å². The maximum atomic E-state index is 10.6. The number of hydrogen-bond acceptors (Lipinski definition) is 3. The average molecular weight is 176 g/mol. The van der Waals surface area contributed by atoms with E-state index in [-0.39, 0.29) is 7.43 Å². The largest absolute Gasteiger partial charge is 0.508 e. The van der Waals surface area contributed by atoms with Crippen molar-refractivity contribution in [3.8, 4) is 0 Å². The summed E-state index contributed by atoms with van der Waals surface area (Å²) in [7, 11) is 0. The van der Waals surface area contributed by atoms with Gasteiger partial charge in [0.25, 0.3) is 0 Å². The molecule has 0 N–H and O–H groups in total. The zero-order valence-electron chi connectivity index (χ0n) is 7.26. The molecule has 3 heteroatoms. The van der Waals surface area contributed by atoms with E-state index in [1.165, 1.54) is 0 Å². The van der Waals surface area contributed by atoms with Crippen molar-refractivity contribution in [3.05, 3.63) is 0 Å². The van der Waals surface area contributed by atoms with Crippen LogP contribution in [0.2, 0.25) is 0 Å². The lowest BCUT2D eigenvalue weighted by molar-refractivity contribution is 0.0545. The van der Waals surface area contributed by atoms with Crippen molar-refractivity contribution < 1.29 is 14.3 Å². The molecule has 0 amide bonds. The SMILES string of the molecule is C.CCCCOC(=O)OCCC. The molecule has 0 aromatic heterocycles. The molecule has 0 atom stereocenters. The third-order valence-corrected chi connectivity index (χ3v) is 1.14. The third kappa shape index (κ3) is 9.27. The monoisotopic (exact) mass is 176 g/mol. The van der Waals surface area contributed by atoms with Gasteiger partial charge in [-0.1, -0.05) is 27.7 Å². The van der Waals surface area contributed by atoms with Gasteiger partial charge in [-0.15, -0.1) is 0 Å². The summed E-state index contributed by atoms with van der Waals surface area (Å²) in [5, 5.41) is 0. The van der Waals surface area contributed by atoms with Gasteiger partial charge in [-0.05, 0) is 12.8 Å². The molecule has 0 heterocycles. The van der Waals surface area contributed by atoms with Gasteiger partial charge in [0.2, 0.25) is 0 Å². The fraction of sp³-hybridized carbons (Fsp3) is 0.889. The van der Waals surface area contributed by atoms with Gasteiger partial charge >= 0.3 is 6.16 Å². The van der Waals surface area contributed by atoms with Gasteiger partial charge in [-0.25, -0.2) is 4.79 Å². The zero-order chi connectivity index (χ0) is 8.53. The predicted molar refractivity (Wildman–Crippen MR) is 49.2 cm³/mol. The van der Waals surface area contributed by atoms with E-state index in [4.69, 9.17) is 4.74 Å². The lowest BCUT2D eigenvalue weighted by Crippen LogP contribution is -2.08. The molecule has 0 rings (SSSR count). The van der Waals surface area contributed by atoms with E-state index in [1.807, 2.05) is 13.8 Å². The molecule has 3 nitrogen and oxygen atoms in total. The maximum absolute atomic E-state index is 10.6. The van der Waals surface area contributed by atoms with Gasteiger partial charge in [0.15, 0.2) is 0 Å². The van der Waals surface area contributed by atoms with E-state index in [1.54, 1.807) is 0 Å². The zero-order valence-corrected chi connectivity index (χ0v) is 7.26. The van der Waals surface area contributed by atoms with Crippen LogP contribution in [0.4, 0.5) is 4.79 Å². The van der Waals surface area contributed by atoms with E-state index in [9.17, 15) is 4.79 Å². The Bertz CT molecular complexity index is 102. The van der Waals surface area contributed by atoms with E-state index < -0.39 is 6.16 Å². The van der Waals surface area contributed by atoms with Crippen molar-refractivity contribution in [2.75, 3.05) is 13.2 Å². The van der Waals surface area contributed by atoms with Crippen LogP contribution in [0.3, 0.4) is 0 Å². The first kappa shape index (κ1) is 13.8. The first-order valence-corrected chi connectivity index (χ1v) is 4.10. The highest BCUT2D eigenvalue weighted by Crippen LogP contribution is 1.91. The summed E-state index contributed by atoms with van der Waals surface area (Å²) in [6.07, 6.45) is 2.23. The molecule has 0 aromatic rings. The average Bonchev–Trinajstić information content (AvgIpc) is 2.01. The Labute approximate surface area is 75.1 Å². The first-order valence-electron chi connectivity index (χ1n) is 4.10. The minimum Gasteiger partial charge on any atom is -0.434 e. The molecule has 0 fully saturated rings. The van der Waals surface area contributed by atoms with E-state index in [2.05, 4.69) is 4.74 Å². The molecule has 0 unspecified atom stereocenters. The summed E-state index contributed by atoms with van der Waals surface area (Å²) in [6, 6.07) is 0. The lowest BCUT2D eigenvalue weighted by atomic mass is 10.4. The van der Waals surface area contributed by atoms with Gasteiger partial charge in [-0.3, -0.25) is 0 Å². The van der Waals surface area contributed by atoms with Crippen LogP contribution in [-0.2, 0) is 9.47 Å². The number of rotatable bonds is 5. The molecule has 0 spiro atoms. The van der Waals surface area contributed by atoms with Crippen molar-refractivity contribution in [1.82, 2.24) is 0 Å². The summed E-state index contributed by atoms with van der Waals surface area (Å²) in [6.45, 7) is 4.91. The number of ether oxygens (including phenoxy) is 2. The number of hydrogen-bond donors (Lipinski definition) is 0. The van der Waals surface area contributed by atoms with Crippen LogP contribution in [0.15, 0.2) is 0 Å². The Morgan fingerprint density at radius 2 is 1.67 bits per heavy atom. The fourth-order valence-corrected chi connectivity index (χ4v) is 0.527. The van der Waals surface area contributed by atoms with Gasteiger partial charge < -0.3 is 9.47 Å². The van der Waals surface area contributed by atoms with Crippen molar-refractivity contribution in [2.24, 2.45) is 0 Å². The molecular weight excluding hydrogens is 156 g/mol. The summed E-state index contributed by atoms with van der Waals surface area (Å²) in [5.74, 6) is 0.